The maximum Gasteiger partial charge on any atom is 0.313 e. The molecule has 0 bridgehead atoms. The zero-order valence-corrected chi connectivity index (χ0v) is 16.2. The minimum atomic E-state index is -0.546. The van der Waals surface area contributed by atoms with Crippen LogP contribution in [0.5, 0.6) is 5.88 Å². The number of aromatic nitrogens is 2. The molecule has 1 amide bonds. The number of nitrogens with zero attached hydrogens (tertiary/aromatic N) is 5. The van der Waals surface area contributed by atoms with E-state index in [0.29, 0.717) is 12.4 Å². The molecule has 0 saturated heterocycles. The lowest BCUT2D eigenvalue weighted by atomic mass is 10.2. The van der Waals surface area contributed by atoms with Crippen LogP contribution in [0.15, 0.2) is 58.9 Å². The van der Waals surface area contributed by atoms with E-state index in [1.54, 1.807) is 18.2 Å². The molecule has 2 heterocycles. The van der Waals surface area contributed by atoms with Crippen LogP contribution in [0, 0.1) is 0 Å². The van der Waals surface area contributed by atoms with Crippen LogP contribution in [-0.4, -0.2) is 38.6 Å². The number of pyridine rings is 1. The highest BCUT2D eigenvalue weighted by Gasteiger charge is 2.18. The van der Waals surface area contributed by atoms with Gasteiger partial charge in [0.15, 0.2) is 5.69 Å². The van der Waals surface area contributed by atoms with Gasteiger partial charge in [-0.3, -0.25) is 19.2 Å². The molecule has 0 saturated carbocycles. The van der Waals surface area contributed by atoms with Crippen molar-refractivity contribution in [3.63, 3.8) is 0 Å². The van der Waals surface area contributed by atoms with Crippen LogP contribution in [0.1, 0.15) is 37.2 Å². The van der Waals surface area contributed by atoms with Crippen LogP contribution in [0.4, 0.5) is 5.69 Å². The van der Waals surface area contributed by atoms with Crippen molar-refractivity contribution in [3.05, 3.63) is 54.4 Å². The number of amides is 1. The minimum Gasteiger partial charge on any atom is -0.493 e. The third kappa shape index (κ3) is 4.26. The molecular weight excluding hydrogens is 354 g/mol. The molecule has 3 rings (SSSR count). The van der Waals surface area contributed by atoms with Crippen LogP contribution < -0.4 is 0 Å². The predicted octanol–water partition coefficient (Wildman–Crippen LogP) is 4.75. The van der Waals surface area contributed by atoms with Crippen LogP contribution in [0.3, 0.4) is 0 Å². The molecule has 1 aromatic carbocycles. The molecule has 1 N–H and O–H groups in total. The normalized spacial score (nSPS) is 11.7. The standard InChI is InChI=1S/C21H25N5O2/c1-3-13-25(14-4-2)15-26-18-11-6-5-9-16(18)19(21(26)28)23-24-20(27)17-10-7-8-12-22-17/h5-12,28H,3-4,13-15H2,1-2H3. The SMILES string of the molecule is CCCN(CCC)Cn1c(O)c(N=NC(=O)c2ccccn2)c2ccccc21. The third-order valence-corrected chi connectivity index (χ3v) is 4.46. The molecule has 28 heavy (non-hydrogen) atoms. The smallest absolute Gasteiger partial charge is 0.313 e. The van der Waals surface area contributed by atoms with Gasteiger partial charge in [0.1, 0.15) is 5.69 Å². The molecule has 0 aliphatic heterocycles. The fourth-order valence-electron chi connectivity index (χ4n) is 3.23. The number of hydrogen-bond donors (Lipinski definition) is 1. The summed E-state index contributed by atoms with van der Waals surface area (Å²) >= 11 is 0. The van der Waals surface area contributed by atoms with Gasteiger partial charge >= 0.3 is 5.91 Å². The summed E-state index contributed by atoms with van der Waals surface area (Å²) in [7, 11) is 0. The maximum atomic E-state index is 12.2. The topological polar surface area (TPSA) is 83.1 Å². The van der Waals surface area contributed by atoms with Gasteiger partial charge in [0.05, 0.1) is 12.2 Å². The van der Waals surface area contributed by atoms with Gasteiger partial charge in [0, 0.05) is 11.6 Å². The van der Waals surface area contributed by atoms with E-state index >= 15 is 0 Å². The van der Waals surface area contributed by atoms with Crippen LogP contribution in [0.25, 0.3) is 10.9 Å². The summed E-state index contributed by atoms with van der Waals surface area (Å²) in [6, 6.07) is 12.6. The molecule has 7 nitrogen and oxygen atoms in total. The Labute approximate surface area is 164 Å². The first-order valence-electron chi connectivity index (χ1n) is 9.55. The molecule has 0 aliphatic rings. The third-order valence-electron chi connectivity index (χ3n) is 4.46. The Kier molecular flexibility index (Phi) is 6.49. The van der Waals surface area contributed by atoms with Crippen molar-refractivity contribution in [2.45, 2.75) is 33.4 Å². The second kappa shape index (κ2) is 9.23. The Morgan fingerprint density at radius 1 is 1.11 bits per heavy atom. The molecule has 0 radical (unpaired) electrons. The van der Waals surface area contributed by atoms with E-state index in [-0.39, 0.29) is 11.6 Å². The highest BCUT2D eigenvalue weighted by molar-refractivity contribution is 5.96. The lowest BCUT2D eigenvalue weighted by Gasteiger charge is -2.22. The molecule has 0 fully saturated rings. The number of carbonyl (C=O) groups excluding carboxylic acids is 1. The zero-order valence-electron chi connectivity index (χ0n) is 16.2. The summed E-state index contributed by atoms with van der Waals surface area (Å²) < 4.78 is 1.82. The molecule has 0 unspecified atom stereocenters. The number of aromatic hydroxyl groups is 1. The van der Waals surface area contributed by atoms with Crippen molar-refractivity contribution in [1.82, 2.24) is 14.5 Å². The van der Waals surface area contributed by atoms with E-state index in [1.165, 1.54) is 6.20 Å². The van der Waals surface area contributed by atoms with Gasteiger partial charge in [0.25, 0.3) is 0 Å². The van der Waals surface area contributed by atoms with Gasteiger partial charge in [-0.15, -0.1) is 10.2 Å². The number of para-hydroxylation sites is 1. The van der Waals surface area contributed by atoms with E-state index in [9.17, 15) is 9.90 Å². The number of hydrogen-bond acceptors (Lipinski definition) is 5. The lowest BCUT2D eigenvalue weighted by Crippen LogP contribution is -2.27. The van der Waals surface area contributed by atoms with Crippen LogP contribution >= 0.6 is 0 Å². The second-order valence-electron chi connectivity index (χ2n) is 6.60. The van der Waals surface area contributed by atoms with E-state index < -0.39 is 5.91 Å². The van der Waals surface area contributed by atoms with Gasteiger partial charge in [-0.2, -0.15) is 0 Å². The summed E-state index contributed by atoms with van der Waals surface area (Å²) in [4.78, 5) is 18.5. The van der Waals surface area contributed by atoms with Crippen molar-refractivity contribution in [2.24, 2.45) is 10.2 Å². The van der Waals surface area contributed by atoms with E-state index in [0.717, 1.165) is 36.8 Å². The molecule has 146 valence electrons. The number of carbonyl (C=O) groups is 1. The quantitative estimate of drug-likeness (QED) is 0.573. The Hall–Kier alpha value is -3.06. The monoisotopic (exact) mass is 379 g/mol. The molecule has 0 spiro atoms. The molecular formula is C21H25N5O2. The Bertz CT molecular complexity index is 960. The molecule has 7 heteroatoms. The average Bonchev–Trinajstić information content (AvgIpc) is 2.98. The fourth-order valence-corrected chi connectivity index (χ4v) is 3.23. The zero-order chi connectivity index (χ0) is 19.9. The Morgan fingerprint density at radius 2 is 1.82 bits per heavy atom. The second-order valence-corrected chi connectivity index (χ2v) is 6.60. The first-order chi connectivity index (χ1) is 13.7. The highest BCUT2D eigenvalue weighted by Crippen LogP contribution is 2.39. The average molecular weight is 379 g/mol. The molecule has 0 atom stereocenters. The van der Waals surface area contributed by atoms with E-state index in [1.807, 2.05) is 28.8 Å². The van der Waals surface area contributed by atoms with E-state index in [4.69, 9.17) is 0 Å². The van der Waals surface area contributed by atoms with Crippen molar-refractivity contribution in [3.8, 4) is 5.88 Å². The lowest BCUT2D eigenvalue weighted by molar-refractivity contribution is 0.0990. The van der Waals surface area contributed by atoms with Crippen LogP contribution in [-0.2, 0) is 6.67 Å². The highest BCUT2D eigenvalue weighted by atomic mass is 16.3. The van der Waals surface area contributed by atoms with Crippen LogP contribution in [0.2, 0.25) is 0 Å². The van der Waals surface area contributed by atoms with Gasteiger partial charge in [-0.05, 0) is 44.1 Å². The summed E-state index contributed by atoms with van der Waals surface area (Å²) in [6.45, 7) is 6.71. The summed E-state index contributed by atoms with van der Waals surface area (Å²) in [5.41, 5.74) is 1.37. The van der Waals surface area contributed by atoms with Crippen molar-refractivity contribution >= 4 is 22.5 Å². The molecule has 2 aromatic heterocycles. The number of rotatable bonds is 8. The summed E-state index contributed by atoms with van der Waals surface area (Å²) in [5, 5.41) is 19.4. The van der Waals surface area contributed by atoms with Gasteiger partial charge in [-0.25, -0.2) is 0 Å². The maximum absolute atomic E-state index is 12.2. The number of azo groups is 1. The van der Waals surface area contributed by atoms with Gasteiger partial charge in [-0.1, -0.05) is 38.1 Å². The molecule has 3 aromatic rings. The molecule has 0 aliphatic carbocycles. The van der Waals surface area contributed by atoms with Crippen molar-refractivity contribution < 1.29 is 9.90 Å². The van der Waals surface area contributed by atoms with Gasteiger partial charge < -0.3 is 5.11 Å². The summed E-state index contributed by atoms with van der Waals surface area (Å²) in [5.74, 6) is -0.536. The number of fused-ring (bicyclic) bond motifs is 1. The predicted molar refractivity (Wildman–Crippen MR) is 109 cm³/mol. The summed E-state index contributed by atoms with van der Waals surface area (Å²) in [6.07, 6.45) is 3.60. The first kappa shape index (κ1) is 19.7. The van der Waals surface area contributed by atoms with Gasteiger partial charge in [0.2, 0.25) is 5.88 Å². The number of benzene rings is 1. The fraction of sp³-hybridized carbons (Fsp3) is 0.333. The Morgan fingerprint density at radius 3 is 2.50 bits per heavy atom. The van der Waals surface area contributed by atoms with E-state index in [2.05, 4.69) is 34.0 Å². The minimum absolute atomic E-state index is 0.0102. The van der Waals surface area contributed by atoms with Crippen molar-refractivity contribution in [1.29, 1.82) is 0 Å². The Balaban J connectivity index is 1.96. The van der Waals surface area contributed by atoms with Crippen molar-refractivity contribution in [2.75, 3.05) is 13.1 Å². The first-order valence-corrected chi connectivity index (χ1v) is 9.55. The largest absolute Gasteiger partial charge is 0.493 e.